The third-order valence-electron chi connectivity index (χ3n) is 5.78. The Morgan fingerprint density at radius 3 is 2.79 bits per heavy atom. The van der Waals surface area contributed by atoms with E-state index in [0.29, 0.717) is 0 Å². The van der Waals surface area contributed by atoms with Gasteiger partial charge in [-0.1, -0.05) is 24.3 Å². The molecule has 3 heterocycles. The Bertz CT molecular complexity index is 1110. The van der Waals surface area contributed by atoms with Crippen molar-refractivity contribution in [2.24, 2.45) is 0 Å². The van der Waals surface area contributed by atoms with E-state index in [2.05, 4.69) is 38.4 Å². The first-order chi connectivity index (χ1) is 14.3. The van der Waals surface area contributed by atoms with Gasteiger partial charge in [-0.25, -0.2) is 5.01 Å². The zero-order valence-corrected chi connectivity index (χ0v) is 16.3. The molecule has 29 heavy (non-hydrogen) atoms. The summed E-state index contributed by atoms with van der Waals surface area (Å²) in [6, 6.07) is 14.5. The zero-order chi connectivity index (χ0) is 19.6. The molecular weight excluding hydrogens is 362 g/mol. The van der Waals surface area contributed by atoms with Crippen LogP contribution >= 0.6 is 0 Å². The number of nitriles is 1. The zero-order valence-electron chi connectivity index (χ0n) is 16.3. The third-order valence-corrected chi connectivity index (χ3v) is 5.78. The highest BCUT2D eigenvalue weighted by Gasteiger charge is 2.25. The maximum Gasteiger partial charge on any atom is 0.0998 e. The van der Waals surface area contributed by atoms with Crippen LogP contribution in [0.25, 0.3) is 16.3 Å². The van der Waals surface area contributed by atoms with Gasteiger partial charge in [-0.05, 0) is 25.0 Å². The topological polar surface area (TPSA) is 68.2 Å². The fraction of sp³-hybridized carbons (Fsp3) is 0.304. The maximum atomic E-state index is 9.49. The first kappa shape index (κ1) is 17.8. The predicted octanol–water partition coefficient (Wildman–Crippen LogP) is 4.21. The average Bonchev–Trinajstić information content (AvgIpc) is 3.45. The van der Waals surface area contributed by atoms with Crippen LogP contribution in [0.4, 0.5) is 5.69 Å². The molecule has 1 fully saturated rings. The number of benzene rings is 2. The molecule has 2 aliphatic rings. The number of nitrogens with one attached hydrogen (secondary N) is 1. The van der Waals surface area contributed by atoms with E-state index < -0.39 is 0 Å². The van der Waals surface area contributed by atoms with Crippen LogP contribution < -0.4 is 5.01 Å². The van der Waals surface area contributed by atoms with Crippen LogP contribution in [0, 0.1) is 11.3 Å². The minimum absolute atomic E-state index is 0.721. The standard InChI is InChI=1S/C23H23N5O/c24-13-17-7-8-22(21-6-2-1-5-20(17)21)28-11-4-3-10-27(28)15-19-14-25-26-23(19)18-9-12-29-16-18/h1-2,5-8,14,16H,3-4,9-12,15H2,(H,25,26). The van der Waals surface area contributed by atoms with Crippen LogP contribution in [0.5, 0.6) is 0 Å². The summed E-state index contributed by atoms with van der Waals surface area (Å²) in [6.45, 7) is 3.49. The van der Waals surface area contributed by atoms with E-state index in [1.54, 1.807) is 0 Å². The highest BCUT2D eigenvalue weighted by Crippen LogP contribution is 2.33. The second-order valence-electron chi connectivity index (χ2n) is 7.54. The number of ether oxygens (including phenoxy) is 1. The molecule has 1 aromatic heterocycles. The molecule has 0 aliphatic carbocycles. The normalized spacial score (nSPS) is 17.2. The van der Waals surface area contributed by atoms with Crippen LogP contribution in [0.2, 0.25) is 0 Å². The summed E-state index contributed by atoms with van der Waals surface area (Å²) in [5.41, 5.74) is 5.33. The number of hydrazine groups is 1. The first-order valence-corrected chi connectivity index (χ1v) is 10.1. The average molecular weight is 385 g/mol. The molecule has 0 unspecified atom stereocenters. The number of fused-ring (bicyclic) bond motifs is 1. The van der Waals surface area contributed by atoms with E-state index >= 15 is 0 Å². The summed E-state index contributed by atoms with van der Waals surface area (Å²) in [4.78, 5) is 0. The summed E-state index contributed by atoms with van der Waals surface area (Å²) in [7, 11) is 0. The highest BCUT2D eigenvalue weighted by atomic mass is 16.5. The quantitative estimate of drug-likeness (QED) is 0.728. The van der Waals surface area contributed by atoms with Crippen molar-refractivity contribution in [3.8, 4) is 6.07 Å². The Labute approximate surface area is 170 Å². The Morgan fingerprint density at radius 1 is 1.10 bits per heavy atom. The number of hydrogen-bond donors (Lipinski definition) is 1. The molecule has 6 heteroatoms. The van der Waals surface area contributed by atoms with Crippen molar-refractivity contribution in [1.29, 1.82) is 5.26 Å². The number of anilines is 1. The number of hydrogen-bond acceptors (Lipinski definition) is 5. The minimum Gasteiger partial charge on any atom is -0.500 e. The fourth-order valence-electron chi connectivity index (χ4n) is 4.34. The van der Waals surface area contributed by atoms with Gasteiger partial charge < -0.3 is 9.75 Å². The number of rotatable bonds is 4. The molecule has 0 spiro atoms. The maximum absolute atomic E-state index is 9.49. The van der Waals surface area contributed by atoms with Crippen molar-refractivity contribution in [1.82, 2.24) is 15.2 Å². The van der Waals surface area contributed by atoms with Crippen LogP contribution in [-0.4, -0.2) is 34.9 Å². The van der Waals surface area contributed by atoms with Gasteiger partial charge in [-0.3, -0.25) is 5.10 Å². The van der Waals surface area contributed by atoms with Crippen LogP contribution in [-0.2, 0) is 11.3 Å². The molecule has 6 nitrogen and oxygen atoms in total. The van der Waals surface area contributed by atoms with E-state index in [-0.39, 0.29) is 0 Å². The Hall–Kier alpha value is -3.30. The number of aromatic amines is 1. The monoisotopic (exact) mass is 385 g/mol. The molecule has 2 aromatic carbocycles. The molecule has 0 bridgehead atoms. The van der Waals surface area contributed by atoms with Crippen molar-refractivity contribution in [2.75, 3.05) is 24.7 Å². The lowest BCUT2D eigenvalue weighted by Crippen LogP contribution is -2.47. The molecule has 0 saturated carbocycles. The van der Waals surface area contributed by atoms with Gasteiger partial charge in [0.05, 0.1) is 42.1 Å². The largest absolute Gasteiger partial charge is 0.500 e. The Balaban J connectivity index is 1.50. The van der Waals surface area contributed by atoms with Gasteiger partial charge in [0.15, 0.2) is 0 Å². The van der Waals surface area contributed by atoms with Gasteiger partial charge in [0, 0.05) is 48.0 Å². The molecule has 1 saturated heterocycles. The van der Waals surface area contributed by atoms with Crippen molar-refractivity contribution in [3.63, 3.8) is 0 Å². The Kier molecular flexibility index (Phi) is 4.66. The lowest BCUT2D eigenvalue weighted by Gasteiger charge is -2.41. The molecule has 0 amide bonds. The minimum atomic E-state index is 0.721. The predicted molar refractivity (Wildman–Crippen MR) is 113 cm³/mol. The third kappa shape index (κ3) is 3.24. The molecule has 0 atom stereocenters. The van der Waals surface area contributed by atoms with Gasteiger partial charge in [0.1, 0.15) is 0 Å². The summed E-state index contributed by atoms with van der Waals surface area (Å²) in [5.74, 6) is 0. The second-order valence-corrected chi connectivity index (χ2v) is 7.54. The smallest absolute Gasteiger partial charge is 0.0998 e. The van der Waals surface area contributed by atoms with Crippen molar-refractivity contribution < 1.29 is 4.74 Å². The van der Waals surface area contributed by atoms with Crippen LogP contribution in [0.15, 0.2) is 48.9 Å². The van der Waals surface area contributed by atoms with Crippen molar-refractivity contribution >= 4 is 22.0 Å². The number of H-pyrrole nitrogens is 1. The van der Waals surface area contributed by atoms with Gasteiger partial charge >= 0.3 is 0 Å². The number of nitrogens with zero attached hydrogens (tertiary/aromatic N) is 4. The fourth-order valence-corrected chi connectivity index (χ4v) is 4.34. The van der Waals surface area contributed by atoms with Gasteiger partial charge in [0.25, 0.3) is 0 Å². The molecule has 2 aliphatic heterocycles. The molecule has 146 valence electrons. The van der Waals surface area contributed by atoms with Crippen molar-refractivity contribution in [2.45, 2.75) is 25.8 Å². The van der Waals surface area contributed by atoms with E-state index in [0.717, 1.165) is 66.8 Å². The lowest BCUT2D eigenvalue weighted by atomic mass is 10.0. The summed E-state index contributed by atoms with van der Waals surface area (Å²) in [5, 5.41) is 23.9. The Morgan fingerprint density at radius 2 is 1.97 bits per heavy atom. The van der Waals surface area contributed by atoms with Gasteiger partial charge in [0.2, 0.25) is 0 Å². The molecular formula is C23H23N5O. The van der Waals surface area contributed by atoms with E-state index in [9.17, 15) is 5.26 Å². The molecule has 0 radical (unpaired) electrons. The van der Waals surface area contributed by atoms with Crippen molar-refractivity contribution in [3.05, 3.63) is 65.7 Å². The SMILES string of the molecule is N#Cc1ccc(N2CCCCN2Cc2cn[nH]c2C2=COCC2)c2ccccc12. The highest BCUT2D eigenvalue weighted by molar-refractivity contribution is 5.97. The lowest BCUT2D eigenvalue weighted by molar-refractivity contribution is 0.205. The van der Waals surface area contributed by atoms with E-state index in [1.807, 2.05) is 36.7 Å². The molecule has 5 rings (SSSR count). The van der Waals surface area contributed by atoms with Crippen LogP contribution in [0.3, 0.4) is 0 Å². The molecule has 3 aromatic rings. The second kappa shape index (κ2) is 7.61. The summed E-state index contributed by atoms with van der Waals surface area (Å²) in [6.07, 6.45) is 7.02. The van der Waals surface area contributed by atoms with Gasteiger partial charge in [-0.15, -0.1) is 0 Å². The summed E-state index contributed by atoms with van der Waals surface area (Å²) >= 11 is 0. The molecule has 1 N–H and O–H groups in total. The first-order valence-electron chi connectivity index (χ1n) is 10.1. The summed E-state index contributed by atoms with van der Waals surface area (Å²) < 4.78 is 5.43. The van der Waals surface area contributed by atoms with E-state index in [1.165, 1.54) is 17.6 Å². The van der Waals surface area contributed by atoms with Gasteiger partial charge in [-0.2, -0.15) is 10.4 Å². The van der Waals surface area contributed by atoms with Crippen LogP contribution in [0.1, 0.15) is 36.1 Å². The van der Waals surface area contributed by atoms with E-state index in [4.69, 9.17) is 4.74 Å². The number of aromatic nitrogens is 2.